The van der Waals surface area contributed by atoms with Gasteiger partial charge in [0.15, 0.2) is 0 Å². The fourth-order valence-corrected chi connectivity index (χ4v) is 2.05. The first-order valence-electron chi connectivity index (χ1n) is 6.50. The molecule has 0 amide bonds. The summed E-state index contributed by atoms with van der Waals surface area (Å²) in [5.74, 6) is 0.969. The molecule has 0 N–H and O–H groups in total. The summed E-state index contributed by atoms with van der Waals surface area (Å²) in [6.07, 6.45) is 3.82. The van der Waals surface area contributed by atoms with E-state index in [-0.39, 0.29) is 0 Å². The smallest absolute Gasteiger partial charge is 0.140 e. The quantitative estimate of drug-likeness (QED) is 0.831. The van der Waals surface area contributed by atoms with Gasteiger partial charge in [0.1, 0.15) is 5.82 Å². The summed E-state index contributed by atoms with van der Waals surface area (Å²) in [7, 11) is 0. The van der Waals surface area contributed by atoms with Gasteiger partial charge in [-0.1, -0.05) is 24.3 Å². The van der Waals surface area contributed by atoms with Crippen LogP contribution in [0.3, 0.4) is 0 Å². The Morgan fingerprint density at radius 3 is 2.37 bits per heavy atom. The Morgan fingerprint density at radius 1 is 1.21 bits per heavy atom. The third-order valence-electron chi connectivity index (χ3n) is 3.37. The lowest BCUT2D eigenvalue weighted by molar-refractivity contribution is 0.606. The largest absolute Gasteiger partial charge is 0.328 e. The van der Waals surface area contributed by atoms with Gasteiger partial charge in [-0.2, -0.15) is 5.26 Å². The zero-order valence-electron chi connectivity index (χ0n) is 11.9. The average Bonchev–Trinajstić information content (AvgIpc) is 2.88. The molecule has 19 heavy (non-hydrogen) atoms. The molecule has 0 aliphatic rings. The van der Waals surface area contributed by atoms with Crippen LogP contribution in [0.5, 0.6) is 0 Å². The van der Waals surface area contributed by atoms with Crippen LogP contribution in [0, 0.1) is 11.3 Å². The van der Waals surface area contributed by atoms with Crippen molar-refractivity contribution in [3.8, 4) is 17.5 Å². The molecule has 0 fully saturated rings. The minimum Gasteiger partial charge on any atom is -0.328 e. The number of nitrogens with zero attached hydrogens (tertiary/aromatic N) is 3. The van der Waals surface area contributed by atoms with Crippen LogP contribution in [0.15, 0.2) is 36.7 Å². The fraction of sp³-hybridized carbons (Fsp3) is 0.375. The van der Waals surface area contributed by atoms with E-state index in [2.05, 4.69) is 29.5 Å². The number of hydrogen-bond donors (Lipinski definition) is 0. The summed E-state index contributed by atoms with van der Waals surface area (Å²) >= 11 is 0. The molecule has 0 aliphatic heterocycles. The number of rotatable bonds is 3. The Morgan fingerprint density at radius 2 is 1.84 bits per heavy atom. The van der Waals surface area contributed by atoms with Gasteiger partial charge in [0, 0.05) is 24.0 Å². The van der Waals surface area contributed by atoms with E-state index in [1.165, 1.54) is 0 Å². The molecule has 1 aromatic carbocycles. The molecule has 1 aromatic heterocycles. The molecule has 0 unspecified atom stereocenters. The summed E-state index contributed by atoms with van der Waals surface area (Å²) in [5.41, 5.74) is 1.66. The minimum absolute atomic E-state index is 0.382. The molecule has 3 heteroatoms. The van der Waals surface area contributed by atoms with E-state index < -0.39 is 5.41 Å². The van der Waals surface area contributed by atoms with Crippen molar-refractivity contribution in [2.24, 2.45) is 0 Å². The molecule has 0 aliphatic carbocycles. The highest BCUT2D eigenvalue weighted by atomic mass is 15.1. The third kappa shape index (κ3) is 2.53. The van der Waals surface area contributed by atoms with Gasteiger partial charge < -0.3 is 4.57 Å². The van der Waals surface area contributed by atoms with Crippen molar-refractivity contribution in [2.45, 2.75) is 39.2 Å². The predicted molar refractivity (Wildman–Crippen MR) is 76.7 cm³/mol. The number of nitriles is 1. The molecule has 2 rings (SSSR count). The zero-order chi connectivity index (χ0) is 14.0. The minimum atomic E-state index is -0.452. The van der Waals surface area contributed by atoms with Crippen LogP contribution in [-0.2, 0) is 5.41 Å². The number of hydrogen-bond acceptors (Lipinski definition) is 2. The highest BCUT2D eigenvalue weighted by Gasteiger charge is 2.19. The summed E-state index contributed by atoms with van der Waals surface area (Å²) in [5, 5.41) is 9.15. The van der Waals surface area contributed by atoms with Gasteiger partial charge in [-0.05, 0) is 33.3 Å². The predicted octanol–water partition coefficient (Wildman–Crippen LogP) is 3.93. The lowest BCUT2D eigenvalue weighted by atomic mass is 9.86. The molecule has 0 saturated heterocycles. The van der Waals surface area contributed by atoms with Gasteiger partial charge in [-0.3, -0.25) is 0 Å². The monoisotopic (exact) mass is 253 g/mol. The molecular formula is C16H19N3. The van der Waals surface area contributed by atoms with E-state index in [1.54, 1.807) is 0 Å². The van der Waals surface area contributed by atoms with Crippen molar-refractivity contribution in [1.82, 2.24) is 9.55 Å². The van der Waals surface area contributed by atoms with Crippen LogP contribution < -0.4 is 0 Å². The molecule has 3 nitrogen and oxygen atoms in total. The first kappa shape index (κ1) is 13.4. The van der Waals surface area contributed by atoms with Crippen molar-refractivity contribution >= 4 is 0 Å². The summed E-state index contributed by atoms with van der Waals surface area (Å²) < 4.78 is 2.14. The normalized spacial score (nSPS) is 11.6. The van der Waals surface area contributed by atoms with Gasteiger partial charge in [0.2, 0.25) is 0 Å². The number of benzene rings is 1. The van der Waals surface area contributed by atoms with E-state index in [4.69, 9.17) is 5.26 Å². The van der Waals surface area contributed by atoms with Crippen LogP contribution >= 0.6 is 0 Å². The first-order chi connectivity index (χ1) is 8.95. The highest BCUT2D eigenvalue weighted by molar-refractivity contribution is 5.57. The Hall–Kier alpha value is -2.08. The Labute approximate surface area is 114 Å². The van der Waals surface area contributed by atoms with Crippen LogP contribution in [0.25, 0.3) is 11.4 Å². The highest BCUT2D eigenvalue weighted by Crippen LogP contribution is 2.26. The summed E-state index contributed by atoms with van der Waals surface area (Å²) in [6.45, 7) is 8.13. The van der Waals surface area contributed by atoms with E-state index in [9.17, 15) is 0 Å². The molecule has 2 aromatic rings. The molecule has 0 spiro atoms. The second-order valence-corrected chi connectivity index (χ2v) is 5.57. The van der Waals surface area contributed by atoms with E-state index in [0.29, 0.717) is 6.04 Å². The van der Waals surface area contributed by atoms with Gasteiger partial charge in [0.05, 0.1) is 11.5 Å². The van der Waals surface area contributed by atoms with Crippen molar-refractivity contribution in [3.05, 3.63) is 42.2 Å². The zero-order valence-corrected chi connectivity index (χ0v) is 11.9. The second kappa shape index (κ2) is 4.89. The van der Waals surface area contributed by atoms with Crippen molar-refractivity contribution in [1.29, 1.82) is 5.26 Å². The van der Waals surface area contributed by atoms with E-state index >= 15 is 0 Å². The molecule has 0 radical (unpaired) electrons. The fourth-order valence-electron chi connectivity index (χ4n) is 2.05. The molecule has 1 heterocycles. The second-order valence-electron chi connectivity index (χ2n) is 5.57. The van der Waals surface area contributed by atoms with Gasteiger partial charge in [-0.25, -0.2) is 4.98 Å². The van der Waals surface area contributed by atoms with Gasteiger partial charge in [0.25, 0.3) is 0 Å². The van der Waals surface area contributed by atoms with Gasteiger partial charge >= 0.3 is 0 Å². The molecule has 0 bridgehead atoms. The van der Waals surface area contributed by atoms with Crippen LogP contribution in [0.4, 0.5) is 0 Å². The van der Waals surface area contributed by atoms with Gasteiger partial charge in [-0.15, -0.1) is 0 Å². The van der Waals surface area contributed by atoms with Crippen molar-refractivity contribution in [2.75, 3.05) is 0 Å². The van der Waals surface area contributed by atoms with E-state index in [1.807, 2.05) is 50.5 Å². The lowest BCUT2D eigenvalue weighted by Crippen LogP contribution is -2.13. The summed E-state index contributed by atoms with van der Waals surface area (Å²) in [4.78, 5) is 4.42. The maximum atomic E-state index is 9.15. The summed E-state index contributed by atoms with van der Waals surface area (Å²) in [6, 6.07) is 10.8. The van der Waals surface area contributed by atoms with Crippen LogP contribution in [-0.4, -0.2) is 9.55 Å². The number of imidazole rings is 1. The topological polar surface area (TPSA) is 41.6 Å². The Balaban J connectivity index is 2.39. The Bertz CT molecular complexity index is 598. The first-order valence-corrected chi connectivity index (χ1v) is 6.50. The average molecular weight is 253 g/mol. The van der Waals surface area contributed by atoms with Crippen molar-refractivity contribution in [3.63, 3.8) is 0 Å². The molecule has 98 valence electrons. The maximum Gasteiger partial charge on any atom is 0.140 e. The maximum absolute atomic E-state index is 9.15. The standard InChI is InChI=1S/C16H19N3/c1-12(2)19-10-9-18-15(19)13-5-7-14(8-6-13)16(3,4)11-17/h5-10,12H,1-4H3. The van der Waals surface area contributed by atoms with Crippen LogP contribution in [0.1, 0.15) is 39.3 Å². The Kier molecular flexibility index (Phi) is 3.44. The van der Waals surface area contributed by atoms with Crippen molar-refractivity contribution < 1.29 is 0 Å². The van der Waals surface area contributed by atoms with Crippen LogP contribution in [0.2, 0.25) is 0 Å². The van der Waals surface area contributed by atoms with E-state index in [0.717, 1.165) is 17.0 Å². The SMILES string of the molecule is CC(C)n1ccnc1-c1ccc(C(C)(C)C#N)cc1. The lowest BCUT2D eigenvalue weighted by Gasteiger charge is -2.16. The molecular weight excluding hydrogens is 234 g/mol. The third-order valence-corrected chi connectivity index (χ3v) is 3.37. The number of aromatic nitrogens is 2. The molecule has 0 atom stereocenters. The molecule has 0 saturated carbocycles.